The van der Waals surface area contributed by atoms with Crippen molar-refractivity contribution in [1.82, 2.24) is 0 Å². The van der Waals surface area contributed by atoms with E-state index in [1.54, 1.807) is 0 Å². The molecule has 0 radical (unpaired) electrons. The minimum atomic E-state index is -0.135. The lowest BCUT2D eigenvalue weighted by molar-refractivity contribution is 0.666. The first kappa shape index (κ1) is 31.6. The first-order chi connectivity index (χ1) is 27.1. The number of rotatable bonds is 5. The van der Waals surface area contributed by atoms with Crippen LogP contribution in [0.1, 0.15) is 25.0 Å². The molecule has 10 aromatic rings. The molecule has 11 rings (SSSR count). The molecule has 0 unspecified atom stereocenters. The van der Waals surface area contributed by atoms with E-state index in [9.17, 15) is 0 Å². The van der Waals surface area contributed by atoms with Gasteiger partial charge in [0.1, 0.15) is 11.2 Å². The van der Waals surface area contributed by atoms with Gasteiger partial charge in [-0.15, -0.1) is 0 Å². The molecular formula is C53H37NO. The second-order valence-electron chi connectivity index (χ2n) is 15.2. The molecule has 0 fully saturated rings. The summed E-state index contributed by atoms with van der Waals surface area (Å²) in [6, 6.07) is 68.3. The molecule has 0 aliphatic heterocycles. The van der Waals surface area contributed by atoms with Gasteiger partial charge in [0, 0.05) is 21.9 Å². The average molecular weight is 704 g/mol. The van der Waals surface area contributed by atoms with Crippen LogP contribution in [0.15, 0.2) is 192 Å². The molecule has 0 amide bonds. The van der Waals surface area contributed by atoms with Gasteiger partial charge < -0.3 is 9.32 Å². The molecule has 1 aliphatic carbocycles. The molecule has 0 bridgehead atoms. The largest absolute Gasteiger partial charge is 0.456 e. The van der Waals surface area contributed by atoms with Crippen LogP contribution in [0.25, 0.3) is 76.9 Å². The fourth-order valence-electron chi connectivity index (χ4n) is 9.39. The molecule has 1 aromatic heterocycles. The SMILES string of the molecule is CC1(C)c2ccccc2-c2c(-c3ccc(N(c4cccc(-c5ccccc5)c4)c4cccc5oc6ccccc6c45)c4ccccc34)cc3ccccc3c21. The van der Waals surface area contributed by atoms with E-state index in [0.717, 1.165) is 39.0 Å². The number of hydrogen-bond acceptors (Lipinski definition) is 2. The molecule has 2 nitrogen and oxygen atoms in total. The van der Waals surface area contributed by atoms with Crippen molar-refractivity contribution in [2.75, 3.05) is 4.90 Å². The van der Waals surface area contributed by atoms with Crippen molar-refractivity contribution < 1.29 is 4.42 Å². The topological polar surface area (TPSA) is 16.4 Å². The van der Waals surface area contributed by atoms with Gasteiger partial charge in [-0.25, -0.2) is 0 Å². The summed E-state index contributed by atoms with van der Waals surface area (Å²) in [4.78, 5) is 2.44. The average Bonchev–Trinajstić information content (AvgIpc) is 3.74. The highest BCUT2D eigenvalue weighted by Crippen LogP contribution is 2.56. The fourth-order valence-corrected chi connectivity index (χ4v) is 9.39. The van der Waals surface area contributed by atoms with Gasteiger partial charge in [-0.2, -0.15) is 0 Å². The number of anilines is 3. The maximum atomic E-state index is 6.47. The van der Waals surface area contributed by atoms with E-state index in [1.807, 2.05) is 6.07 Å². The van der Waals surface area contributed by atoms with E-state index >= 15 is 0 Å². The zero-order chi connectivity index (χ0) is 36.7. The number of furan rings is 1. The second-order valence-corrected chi connectivity index (χ2v) is 15.2. The molecule has 260 valence electrons. The summed E-state index contributed by atoms with van der Waals surface area (Å²) in [5.74, 6) is 0. The summed E-state index contributed by atoms with van der Waals surface area (Å²) >= 11 is 0. The van der Waals surface area contributed by atoms with Gasteiger partial charge in [-0.1, -0.05) is 159 Å². The molecule has 0 saturated carbocycles. The Morgan fingerprint density at radius 1 is 0.436 bits per heavy atom. The van der Waals surface area contributed by atoms with Crippen molar-refractivity contribution in [3.05, 3.63) is 199 Å². The summed E-state index contributed by atoms with van der Waals surface area (Å²) in [5, 5.41) is 7.20. The number of benzene rings is 9. The van der Waals surface area contributed by atoms with E-state index in [2.05, 4.69) is 201 Å². The van der Waals surface area contributed by atoms with Crippen LogP contribution in [0.5, 0.6) is 0 Å². The van der Waals surface area contributed by atoms with Gasteiger partial charge in [0.15, 0.2) is 0 Å². The van der Waals surface area contributed by atoms with E-state index in [1.165, 1.54) is 66.1 Å². The molecule has 1 aliphatic rings. The van der Waals surface area contributed by atoms with Crippen molar-refractivity contribution in [2.45, 2.75) is 19.3 Å². The quantitative estimate of drug-likeness (QED) is 0.177. The molecule has 0 N–H and O–H groups in total. The molecule has 1 heterocycles. The summed E-state index contributed by atoms with van der Waals surface area (Å²) in [6.07, 6.45) is 0. The Bertz CT molecular complexity index is 3130. The summed E-state index contributed by atoms with van der Waals surface area (Å²) in [7, 11) is 0. The Balaban J connectivity index is 1.21. The number of hydrogen-bond donors (Lipinski definition) is 0. The number of nitrogens with zero attached hydrogens (tertiary/aromatic N) is 1. The van der Waals surface area contributed by atoms with Crippen LogP contribution in [0.3, 0.4) is 0 Å². The molecule has 0 spiro atoms. The number of fused-ring (bicyclic) bond motifs is 9. The Labute approximate surface area is 320 Å². The third kappa shape index (κ3) is 4.74. The molecule has 0 saturated heterocycles. The lowest BCUT2D eigenvalue weighted by Gasteiger charge is -2.29. The smallest absolute Gasteiger partial charge is 0.137 e. The second kappa shape index (κ2) is 12.1. The molecule has 55 heavy (non-hydrogen) atoms. The van der Waals surface area contributed by atoms with Crippen LogP contribution in [-0.2, 0) is 5.41 Å². The first-order valence-electron chi connectivity index (χ1n) is 19.1. The Kier molecular flexibility index (Phi) is 6.93. The third-order valence-electron chi connectivity index (χ3n) is 11.8. The van der Waals surface area contributed by atoms with Crippen molar-refractivity contribution >= 4 is 60.5 Å². The van der Waals surface area contributed by atoms with Gasteiger partial charge in [0.25, 0.3) is 0 Å². The Morgan fingerprint density at radius 2 is 1.11 bits per heavy atom. The monoisotopic (exact) mass is 703 g/mol. The standard InChI is InChI=1S/C53H37NO/c1-53(2)45-26-12-10-24-42(45)50-44(33-36-18-6-7-21-38(36)52(50)53)40-30-31-46(41-23-9-8-22-39(40)41)54(37-20-14-19-35(32-37)34-16-4-3-5-17-34)47-27-15-29-49-51(47)43-25-11-13-28-48(43)55-49/h3-33H,1-2H3. The first-order valence-corrected chi connectivity index (χ1v) is 19.1. The molecule has 0 atom stereocenters. The molecule has 2 heteroatoms. The predicted molar refractivity (Wildman–Crippen MR) is 232 cm³/mol. The van der Waals surface area contributed by atoms with Gasteiger partial charge >= 0.3 is 0 Å². The molecular weight excluding hydrogens is 667 g/mol. The van der Waals surface area contributed by atoms with Crippen LogP contribution in [0, 0.1) is 0 Å². The fraction of sp³-hybridized carbons (Fsp3) is 0.0566. The predicted octanol–water partition coefficient (Wildman–Crippen LogP) is 15.0. The van der Waals surface area contributed by atoms with Crippen LogP contribution in [-0.4, -0.2) is 0 Å². The minimum absolute atomic E-state index is 0.135. The maximum absolute atomic E-state index is 6.47. The lowest BCUT2D eigenvalue weighted by Crippen LogP contribution is -2.15. The van der Waals surface area contributed by atoms with Gasteiger partial charge in [0.2, 0.25) is 0 Å². The Morgan fingerprint density at radius 3 is 1.98 bits per heavy atom. The van der Waals surface area contributed by atoms with E-state index in [4.69, 9.17) is 4.42 Å². The highest BCUT2D eigenvalue weighted by Gasteiger charge is 2.38. The maximum Gasteiger partial charge on any atom is 0.137 e. The van der Waals surface area contributed by atoms with Crippen molar-refractivity contribution in [1.29, 1.82) is 0 Å². The number of para-hydroxylation sites is 1. The highest BCUT2D eigenvalue weighted by molar-refractivity contribution is 6.16. The van der Waals surface area contributed by atoms with Crippen molar-refractivity contribution in [3.63, 3.8) is 0 Å². The Hall–Kier alpha value is -6.90. The summed E-state index contributed by atoms with van der Waals surface area (Å²) < 4.78 is 6.47. The van der Waals surface area contributed by atoms with E-state index < -0.39 is 0 Å². The lowest BCUT2D eigenvalue weighted by atomic mass is 9.79. The normalized spacial score (nSPS) is 13.1. The van der Waals surface area contributed by atoms with Gasteiger partial charge in [0.05, 0.1) is 16.8 Å². The van der Waals surface area contributed by atoms with Crippen LogP contribution in [0.4, 0.5) is 17.1 Å². The van der Waals surface area contributed by atoms with E-state index in [0.29, 0.717) is 0 Å². The molecule has 9 aromatic carbocycles. The van der Waals surface area contributed by atoms with Crippen molar-refractivity contribution in [2.24, 2.45) is 0 Å². The third-order valence-corrected chi connectivity index (χ3v) is 11.8. The summed E-state index contributed by atoms with van der Waals surface area (Å²) in [5.41, 5.74) is 15.2. The van der Waals surface area contributed by atoms with Gasteiger partial charge in [-0.3, -0.25) is 0 Å². The van der Waals surface area contributed by atoms with E-state index in [-0.39, 0.29) is 5.41 Å². The van der Waals surface area contributed by atoms with Crippen molar-refractivity contribution in [3.8, 4) is 33.4 Å². The minimum Gasteiger partial charge on any atom is -0.456 e. The highest BCUT2D eigenvalue weighted by atomic mass is 16.3. The van der Waals surface area contributed by atoms with Gasteiger partial charge in [-0.05, 0) is 103 Å². The van der Waals surface area contributed by atoms with Crippen LogP contribution in [0.2, 0.25) is 0 Å². The van der Waals surface area contributed by atoms with Crippen LogP contribution >= 0.6 is 0 Å². The zero-order valence-electron chi connectivity index (χ0n) is 30.8. The summed E-state index contributed by atoms with van der Waals surface area (Å²) in [6.45, 7) is 4.77. The van der Waals surface area contributed by atoms with Crippen LogP contribution < -0.4 is 4.90 Å². The zero-order valence-corrected chi connectivity index (χ0v) is 30.8.